The van der Waals surface area contributed by atoms with Crippen LogP contribution in [0, 0.1) is 0 Å². The zero-order chi connectivity index (χ0) is 18.0. The lowest BCUT2D eigenvalue weighted by Gasteiger charge is -2.34. The molecule has 25 heavy (non-hydrogen) atoms. The third-order valence-electron chi connectivity index (χ3n) is 4.60. The molecule has 0 bridgehead atoms. The Kier molecular flexibility index (Phi) is 5.10. The highest BCUT2D eigenvalue weighted by Crippen LogP contribution is 2.24. The minimum Gasteiger partial charge on any atom is -0.340 e. The van der Waals surface area contributed by atoms with Gasteiger partial charge < -0.3 is 10.2 Å². The van der Waals surface area contributed by atoms with E-state index in [1.807, 2.05) is 25.1 Å². The summed E-state index contributed by atoms with van der Waals surface area (Å²) >= 11 is 0. The first kappa shape index (κ1) is 17.9. The topological polar surface area (TPSA) is 86.8 Å². The quantitative estimate of drug-likeness (QED) is 0.828. The number of anilines is 1. The lowest BCUT2D eigenvalue weighted by Crippen LogP contribution is -2.51. The number of fused-ring (bicyclic) bond motifs is 1. The van der Waals surface area contributed by atoms with Crippen molar-refractivity contribution in [2.75, 3.05) is 37.2 Å². The standard InChI is InChI=1S/C17H23N3O4S/c1-2-9-25(23,24)20-7-5-19(6-8-20)17(22)11-13-3-4-15-14(10-13)12-16(21)18-15/h3-4,10H,2,5-9,11-12H2,1H3,(H,18,21). The van der Waals surface area contributed by atoms with Crippen LogP contribution in [0.5, 0.6) is 0 Å². The fourth-order valence-corrected chi connectivity index (χ4v) is 4.78. The Morgan fingerprint density at radius 1 is 1.20 bits per heavy atom. The number of benzene rings is 1. The Labute approximate surface area is 148 Å². The molecule has 0 atom stereocenters. The molecular weight excluding hydrogens is 342 g/mol. The first-order chi connectivity index (χ1) is 11.9. The summed E-state index contributed by atoms with van der Waals surface area (Å²) in [5.41, 5.74) is 2.61. The molecule has 1 fully saturated rings. The van der Waals surface area contributed by atoms with Gasteiger partial charge in [0.15, 0.2) is 0 Å². The monoisotopic (exact) mass is 365 g/mol. The number of sulfonamides is 1. The minimum absolute atomic E-state index is 0.00947. The molecule has 0 aliphatic carbocycles. The van der Waals surface area contributed by atoms with Gasteiger partial charge in [0, 0.05) is 31.9 Å². The maximum absolute atomic E-state index is 12.5. The van der Waals surface area contributed by atoms with E-state index in [4.69, 9.17) is 0 Å². The van der Waals surface area contributed by atoms with Crippen LogP contribution in [0.4, 0.5) is 5.69 Å². The van der Waals surface area contributed by atoms with Gasteiger partial charge in [-0.25, -0.2) is 8.42 Å². The zero-order valence-corrected chi connectivity index (χ0v) is 15.1. The number of hydrogen-bond donors (Lipinski definition) is 1. The highest BCUT2D eigenvalue weighted by Gasteiger charge is 2.28. The Hall–Kier alpha value is -1.93. The number of carbonyl (C=O) groups is 2. The highest BCUT2D eigenvalue weighted by molar-refractivity contribution is 7.89. The molecule has 0 aromatic heterocycles. The number of piperazine rings is 1. The van der Waals surface area contributed by atoms with Gasteiger partial charge in [0.2, 0.25) is 21.8 Å². The van der Waals surface area contributed by atoms with Crippen LogP contribution < -0.4 is 5.32 Å². The Balaban J connectivity index is 1.57. The van der Waals surface area contributed by atoms with Gasteiger partial charge in [-0.3, -0.25) is 9.59 Å². The minimum atomic E-state index is -3.20. The Morgan fingerprint density at radius 2 is 1.92 bits per heavy atom. The van der Waals surface area contributed by atoms with E-state index in [0.29, 0.717) is 39.0 Å². The Bertz CT molecular complexity index is 783. The maximum Gasteiger partial charge on any atom is 0.228 e. The third kappa shape index (κ3) is 4.01. The summed E-state index contributed by atoms with van der Waals surface area (Å²) in [5, 5.41) is 2.77. The molecule has 2 heterocycles. The Morgan fingerprint density at radius 3 is 2.60 bits per heavy atom. The molecule has 2 aliphatic heterocycles. The molecule has 8 heteroatoms. The predicted molar refractivity (Wildman–Crippen MR) is 94.7 cm³/mol. The van der Waals surface area contributed by atoms with Crippen LogP contribution >= 0.6 is 0 Å². The van der Waals surface area contributed by atoms with Crippen molar-refractivity contribution in [3.8, 4) is 0 Å². The number of rotatable bonds is 5. The number of amides is 2. The predicted octanol–water partition coefficient (Wildman–Crippen LogP) is 0.608. The molecule has 2 aliphatic rings. The van der Waals surface area contributed by atoms with Gasteiger partial charge in [-0.2, -0.15) is 4.31 Å². The van der Waals surface area contributed by atoms with Crippen molar-refractivity contribution < 1.29 is 18.0 Å². The van der Waals surface area contributed by atoms with Gasteiger partial charge in [0.05, 0.1) is 18.6 Å². The van der Waals surface area contributed by atoms with Gasteiger partial charge in [-0.1, -0.05) is 19.1 Å². The van der Waals surface area contributed by atoms with E-state index in [2.05, 4.69) is 5.32 Å². The summed E-state index contributed by atoms with van der Waals surface area (Å²) in [5.74, 6) is 0.121. The van der Waals surface area contributed by atoms with E-state index in [0.717, 1.165) is 16.8 Å². The second-order valence-corrected chi connectivity index (χ2v) is 8.58. The normalized spacial score (nSPS) is 18.1. The molecule has 1 saturated heterocycles. The summed E-state index contributed by atoms with van der Waals surface area (Å²) in [6.45, 7) is 3.41. The van der Waals surface area contributed by atoms with Crippen LogP contribution in [-0.2, 0) is 32.5 Å². The van der Waals surface area contributed by atoms with Crippen molar-refractivity contribution in [3.05, 3.63) is 29.3 Å². The summed E-state index contributed by atoms with van der Waals surface area (Å²) in [7, 11) is -3.20. The van der Waals surface area contributed by atoms with Crippen LogP contribution in [0.25, 0.3) is 0 Å². The largest absolute Gasteiger partial charge is 0.340 e. The lowest BCUT2D eigenvalue weighted by atomic mass is 10.1. The summed E-state index contributed by atoms with van der Waals surface area (Å²) < 4.78 is 25.6. The summed E-state index contributed by atoms with van der Waals surface area (Å²) in [4.78, 5) is 25.6. The van der Waals surface area contributed by atoms with Crippen LogP contribution in [0.2, 0.25) is 0 Å². The number of nitrogens with zero attached hydrogens (tertiary/aromatic N) is 2. The zero-order valence-electron chi connectivity index (χ0n) is 14.3. The second-order valence-electron chi connectivity index (χ2n) is 6.49. The SMILES string of the molecule is CCCS(=O)(=O)N1CCN(C(=O)Cc2ccc3c(c2)CC(=O)N3)CC1. The molecule has 0 radical (unpaired) electrons. The van der Waals surface area contributed by atoms with Gasteiger partial charge in [0.1, 0.15) is 0 Å². The van der Waals surface area contributed by atoms with E-state index in [-0.39, 0.29) is 24.0 Å². The van der Waals surface area contributed by atoms with Crippen molar-refractivity contribution in [2.24, 2.45) is 0 Å². The first-order valence-electron chi connectivity index (χ1n) is 8.56. The molecular formula is C17H23N3O4S. The molecule has 0 unspecified atom stereocenters. The fourth-order valence-electron chi connectivity index (χ4n) is 3.28. The van der Waals surface area contributed by atoms with Crippen molar-refractivity contribution in [1.29, 1.82) is 0 Å². The van der Waals surface area contributed by atoms with Gasteiger partial charge in [-0.15, -0.1) is 0 Å². The lowest BCUT2D eigenvalue weighted by molar-refractivity contribution is -0.131. The van der Waals surface area contributed by atoms with E-state index in [1.165, 1.54) is 4.31 Å². The molecule has 0 saturated carbocycles. The maximum atomic E-state index is 12.5. The van der Waals surface area contributed by atoms with Gasteiger partial charge >= 0.3 is 0 Å². The molecule has 1 aromatic carbocycles. The van der Waals surface area contributed by atoms with E-state index in [9.17, 15) is 18.0 Å². The summed E-state index contributed by atoms with van der Waals surface area (Å²) in [6, 6.07) is 5.58. The van der Waals surface area contributed by atoms with E-state index < -0.39 is 10.0 Å². The van der Waals surface area contributed by atoms with E-state index in [1.54, 1.807) is 4.90 Å². The highest BCUT2D eigenvalue weighted by atomic mass is 32.2. The fraction of sp³-hybridized carbons (Fsp3) is 0.529. The molecule has 1 N–H and O–H groups in total. The average molecular weight is 365 g/mol. The number of hydrogen-bond acceptors (Lipinski definition) is 4. The molecule has 3 rings (SSSR count). The van der Waals surface area contributed by atoms with Crippen molar-refractivity contribution in [1.82, 2.24) is 9.21 Å². The van der Waals surface area contributed by atoms with Crippen molar-refractivity contribution in [3.63, 3.8) is 0 Å². The van der Waals surface area contributed by atoms with Gasteiger partial charge in [0.25, 0.3) is 0 Å². The number of carbonyl (C=O) groups excluding carboxylic acids is 2. The van der Waals surface area contributed by atoms with Crippen LogP contribution in [0.15, 0.2) is 18.2 Å². The molecule has 7 nitrogen and oxygen atoms in total. The number of nitrogens with one attached hydrogen (secondary N) is 1. The molecule has 2 amide bonds. The van der Waals surface area contributed by atoms with E-state index >= 15 is 0 Å². The summed E-state index contributed by atoms with van der Waals surface area (Å²) in [6.07, 6.45) is 1.21. The molecule has 0 spiro atoms. The van der Waals surface area contributed by atoms with Gasteiger partial charge in [-0.05, 0) is 23.6 Å². The molecule has 136 valence electrons. The first-order valence-corrected chi connectivity index (χ1v) is 10.2. The third-order valence-corrected chi connectivity index (χ3v) is 6.67. The average Bonchev–Trinajstić information content (AvgIpc) is 2.94. The van der Waals surface area contributed by atoms with Crippen LogP contribution in [0.3, 0.4) is 0 Å². The smallest absolute Gasteiger partial charge is 0.228 e. The van der Waals surface area contributed by atoms with Crippen molar-refractivity contribution in [2.45, 2.75) is 26.2 Å². The van der Waals surface area contributed by atoms with Crippen LogP contribution in [-0.4, -0.2) is 61.4 Å². The van der Waals surface area contributed by atoms with Crippen LogP contribution in [0.1, 0.15) is 24.5 Å². The van der Waals surface area contributed by atoms with Crippen molar-refractivity contribution >= 4 is 27.5 Å². The molecule has 1 aromatic rings. The second kappa shape index (κ2) is 7.13.